The van der Waals surface area contributed by atoms with E-state index in [1.165, 1.54) is 44.9 Å². The van der Waals surface area contributed by atoms with E-state index in [0.29, 0.717) is 6.04 Å². The van der Waals surface area contributed by atoms with Gasteiger partial charge in [-0.1, -0.05) is 51.0 Å². The molecule has 0 radical (unpaired) electrons. The third-order valence-electron chi connectivity index (χ3n) is 4.41. The van der Waals surface area contributed by atoms with Crippen LogP contribution in [-0.2, 0) is 6.42 Å². The third-order valence-corrected chi connectivity index (χ3v) is 4.41. The normalized spacial score (nSPS) is 20.6. The highest BCUT2D eigenvalue weighted by molar-refractivity contribution is 5.32. The van der Waals surface area contributed by atoms with E-state index >= 15 is 0 Å². The predicted octanol–water partition coefficient (Wildman–Crippen LogP) is 4.66. The van der Waals surface area contributed by atoms with Crippen molar-refractivity contribution >= 4 is 0 Å². The zero-order valence-corrected chi connectivity index (χ0v) is 12.6. The number of hydrogen-bond donors (Lipinski definition) is 1. The van der Waals surface area contributed by atoms with Gasteiger partial charge in [-0.3, -0.25) is 0 Å². The standard InChI is InChI=1S/C18H29N/c1-3-9-18(19-14-4-2)17-13-8-6-11-15-10-5-7-12-16(15)17/h5,7,10,12,17-19H,3-4,6,8-9,11,13-14H2,1-2H3. The molecule has 0 heterocycles. The molecule has 0 spiro atoms. The van der Waals surface area contributed by atoms with Crippen LogP contribution in [-0.4, -0.2) is 12.6 Å². The third kappa shape index (κ3) is 3.82. The Morgan fingerprint density at radius 3 is 2.79 bits per heavy atom. The summed E-state index contributed by atoms with van der Waals surface area (Å²) in [6, 6.07) is 9.82. The number of hydrogen-bond acceptors (Lipinski definition) is 1. The Balaban J connectivity index is 2.20. The minimum absolute atomic E-state index is 0.671. The largest absolute Gasteiger partial charge is 0.313 e. The average molecular weight is 259 g/mol. The molecule has 0 saturated carbocycles. The van der Waals surface area contributed by atoms with Crippen LogP contribution in [0.1, 0.15) is 69.4 Å². The lowest BCUT2D eigenvalue weighted by Gasteiger charge is -2.29. The van der Waals surface area contributed by atoms with Crippen LogP contribution >= 0.6 is 0 Å². The van der Waals surface area contributed by atoms with Crippen molar-refractivity contribution in [2.75, 3.05) is 6.54 Å². The summed E-state index contributed by atoms with van der Waals surface area (Å²) in [6.45, 7) is 5.73. The van der Waals surface area contributed by atoms with Crippen LogP contribution in [0.15, 0.2) is 24.3 Å². The lowest BCUT2D eigenvalue weighted by Crippen LogP contribution is -2.35. The maximum atomic E-state index is 3.81. The van der Waals surface area contributed by atoms with Gasteiger partial charge in [0.2, 0.25) is 0 Å². The highest BCUT2D eigenvalue weighted by Gasteiger charge is 2.25. The molecule has 2 unspecified atom stereocenters. The molecule has 1 aliphatic rings. The summed E-state index contributed by atoms with van der Waals surface area (Å²) in [6.07, 6.45) is 9.19. The van der Waals surface area contributed by atoms with Crippen molar-refractivity contribution in [3.63, 3.8) is 0 Å². The predicted molar refractivity (Wildman–Crippen MR) is 83.7 cm³/mol. The minimum Gasteiger partial charge on any atom is -0.313 e. The molecule has 0 fully saturated rings. The lowest BCUT2D eigenvalue weighted by molar-refractivity contribution is 0.385. The zero-order valence-electron chi connectivity index (χ0n) is 12.6. The molecule has 1 N–H and O–H groups in total. The summed E-state index contributed by atoms with van der Waals surface area (Å²) in [5.41, 5.74) is 3.23. The van der Waals surface area contributed by atoms with Gasteiger partial charge in [0.05, 0.1) is 0 Å². The number of aryl methyl sites for hydroxylation is 1. The molecule has 19 heavy (non-hydrogen) atoms. The van der Waals surface area contributed by atoms with Gasteiger partial charge in [-0.15, -0.1) is 0 Å². The second-order valence-corrected chi connectivity index (χ2v) is 5.90. The highest BCUT2D eigenvalue weighted by Crippen LogP contribution is 2.34. The summed E-state index contributed by atoms with van der Waals surface area (Å²) in [5.74, 6) is 0.727. The fraction of sp³-hybridized carbons (Fsp3) is 0.667. The SMILES string of the molecule is CCCNC(CCC)C1CCCCc2ccccc21. The first-order valence-electron chi connectivity index (χ1n) is 8.18. The summed E-state index contributed by atoms with van der Waals surface area (Å²) in [7, 11) is 0. The lowest BCUT2D eigenvalue weighted by atomic mass is 9.84. The first-order chi connectivity index (χ1) is 9.36. The zero-order chi connectivity index (χ0) is 13.5. The van der Waals surface area contributed by atoms with Gasteiger partial charge in [-0.25, -0.2) is 0 Å². The molecule has 0 aliphatic heterocycles. The summed E-state index contributed by atoms with van der Waals surface area (Å²) in [4.78, 5) is 0. The second kappa shape index (κ2) is 7.69. The Labute approximate surface area is 118 Å². The van der Waals surface area contributed by atoms with E-state index in [0.717, 1.165) is 12.5 Å². The Kier molecular flexibility index (Phi) is 5.91. The number of fused-ring (bicyclic) bond motifs is 1. The van der Waals surface area contributed by atoms with Crippen molar-refractivity contribution in [1.82, 2.24) is 5.32 Å². The van der Waals surface area contributed by atoms with Crippen molar-refractivity contribution in [2.24, 2.45) is 0 Å². The van der Waals surface area contributed by atoms with Gasteiger partial charge in [0.15, 0.2) is 0 Å². The van der Waals surface area contributed by atoms with Gasteiger partial charge in [0.25, 0.3) is 0 Å². The molecule has 1 heteroatoms. The molecule has 1 aliphatic carbocycles. The minimum atomic E-state index is 0.671. The van der Waals surface area contributed by atoms with E-state index in [1.54, 1.807) is 11.1 Å². The van der Waals surface area contributed by atoms with E-state index in [-0.39, 0.29) is 0 Å². The molecule has 0 bridgehead atoms. The molecule has 1 nitrogen and oxygen atoms in total. The van der Waals surface area contributed by atoms with Crippen molar-refractivity contribution in [3.8, 4) is 0 Å². The van der Waals surface area contributed by atoms with Gasteiger partial charge in [0.1, 0.15) is 0 Å². The van der Waals surface area contributed by atoms with E-state index in [1.807, 2.05) is 0 Å². The maximum Gasteiger partial charge on any atom is 0.0136 e. The molecule has 1 aromatic rings. The van der Waals surface area contributed by atoms with Crippen LogP contribution in [0.3, 0.4) is 0 Å². The van der Waals surface area contributed by atoms with Crippen molar-refractivity contribution < 1.29 is 0 Å². The quantitative estimate of drug-likeness (QED) is 0.732. The van der Waals surface area contributed by atoms with Gasteiger partial charge in [-0.2, -0.15) is 0 Å². The Bertz CT molecular complexity index is 372. The second-order valence-electron chi connectivity index (χ2n) is 5.90. The first-order valence-corrected chi connectivity index (χ1v) is 8.18. The van der Waals surface area contributed by atoms with Crippen LogP contribution in [0.4, 0.5) is 0 Å². The fourth-order valence-electron chi connectivity index (χ4n) is 3.46. The van der Waals surface area contributed by atoms with Crippen LogP contribution in [0.5, 0.6) is 0 Å². The topological polar surface area (TPSA) is 12.0 Å². The van der Waals surface area contributed by atoms with E-state index < -0.39 is 0 Å². The molecule has 106 valence electrons. The number of rotatable bonds is 6. The van der Waals surface area contributed by atoms with Gasteiger partial charge < -0.3 is 5.32 Å². The van der Waals surface area contributed by atoms with E-state index in [4.69, 9.17) is 0 Å². The van der Waals surface area contributed by atoms with Crippen LogP contribution < -0.4 is 5.32 Å². The average Bonchev–Trinajstić information content (AvgIpc) is 2.66. The molecular formula is C18H29N. The molecule has 0 saturated heterocycles. The Morgan fingerprint density at radius 2 is 2.00 bits per heavy atom. The Hall–Kier alpha value is -0.820. The molecule has 2 rings (SSSR count). The smallest absolute Gasteiger partial charge is 0.0136 e. The Morgan fingerprint density at radius 1 is 1.16 bits per heavy atom. The summed E-state index contributed by atoms with van der Waals surface area (Å²) < 4.78 is 0. The summed E-state index contributed by atoms with van der Waals surface area (Å²) >= 11 is 0. The maximum absolute atomic E-state index is 3.81. The fourth-order valence-corrected chi connectivity index (χ4v) is 3.46. The van der Waals surface area contributed by atoms with Gasteiger partial charge in [0, 0.05) is 6.04 Å². The molecule has 0 aromatic heterocycles. The number of nitrogens with one attached hydrogen (secondary N) is 1. The van der Waals surface area contributed by atoms with Gasteiger partial charge in [-0.05, 0) is 55.7 Å². The highest BCUT2D eigenvalue weighted by atomic mass is 14.9. The van der Waals surface area contributed by atoms with Crippen molar-refractivity contribution in [1.29, 1.82) is 0 Å². The van der Waals surface area contributed by atoms with Crippen LogP contribution in [0.2, 0.25) is 0 Å². The molecular weight excluding hydrogens is 230 g/mol. The summed E-state index contributed by atoms with van der Waals surface area (Å²) in [5, 5.41) is 3.81. The van der Waals surface area contributed by atoms with Crippen molar-refractivity contribution in [2.45, 2.75) is 70.8 Å². The first kappa shape index (κ1) is 14.6. The monoisotopic (exact) mass is 259 g/mol. The number of benzene rings is 1. The van der Waals surface area contributed by atoms with Gasteiger partial charge >= 0.3 is 0 Å². The van der Waals surface area contributed by atoms with Crippen molar-refractivity contribution in [3.05, 3.63) is 35.4 Å². The van der Waals surface area contributed by atoms with Crippen LogP contribution in [0, 0.1) is 0 Å². The van der Waals surface area contributed by atoms with E-state index in [2.05, 4.69) is 43.4 Å². The molecule has 1 aromatic carbocycles. The molecule has 0 amide bonds. The van der Waals surface area contributed by atoms with E-state index in [9.17, 15) is 0 Å². The van der Waals surface area contributed by atoms with Crippen LogP contribution in [0.25, 0.3) is 0 Å². The molecule has 2 atom stereocenters.